The van der Waals surface area contributed by atoms with Crippen molar-refractivity contribution in [2.45, 2.75) is 23.3 Å². The minimum absolute atomic E-state index is 0.0825. The molecule has 104 valence electrons. The second kappa shape index (κ2) is 4.69. The highest BCUT2D eigenvalue weighted by atomic mass is 79.9. The van der Waals surface area contributed by atoms with Crippen LogP contribution in [-0.2, 0) is 14.8 Å². The van der Waals surface area contributed by atoms with Gasteiger partial charge in [0.25, 0.3) is 0 Å². The molecule has 1 aromatic heterocycles. The maximum atomic E-state index is 12.2. The van der Waals surface area contributed by atoms with Gasteiger partial charge in [0.05, 0.1) is 19.8 Å². The lowest BCUT2D eigenvalue weighted by Crippen LogP contribution is -2.49. The van der Waals surface area contributed by atoms with Gasteiger partial charge in [-0.05, 0) is 28.1 Å². The molecule has 1 fully saturated rings. The molecule has 0 aromatic carbocycles. The van der Waals surface area contributed by atoms with Crippen molar-refractivity contribution in [3.63, 3.8) is 0 Å². The minimum atomic E-state index is -3.57. The van der Waals surface area contributed by atoms with E-state index in [1.54, 1.807) is 6.07 Å². The summed E-state index contributed by atoms with van der Waals surface area (Å²) in [6.07, 6.45) is 1.28. The van der Waals surface area contributed by atoms with Crippen molar-refractivity contribution >= 4 is 26.0 Å². The minimum Gasteiger partial charge on any atom is -0.468 e. The molecule has 0 saturated carbocycles. The number of ether oxygens (including phenoxy) is 2. The van der Waals surface area contributed by atoms with Crippen LogP contribution in [0.3, 0.4) is 0 Å². The third kappa shape index (κ3) is 2.49. The summed E-state index contributed by atoms with van der Waals surface area (Å²) >= 11 is 3.23. The molecule has 19 heavy (non-hydrogen) atoms. The van der Waals surface area contributed by atoms with E-state index in [9.17, 15) is 8.42 Å². The molecule has 0 amide bonds. The fourth-order valence-corrected chi connectivity index (χ4v) is 3.72. The fourth-order valence-electron chi connectivity index (χ4n) is 2.25. The van der Waals surface area contributed by atoms with Crippen LogP contribution in [0, 0.1) is 0 Å². The first-order valence-corrected chi connectivity index (χ1v) is 8.21. The van der Waals surface area contributed by atoms with Gasteiger partial charge in [0.2, 0.25) is 15.9 Å². The summed E-state index contributed by atoms with van der Waals surface area (Å²) in [5.41, 5.74) is -0.565. The molecule has 0 unspecified atom stereocenters. The number of rotatable bonds is 0. The predicted molar refractivity (Wildman–Crippen MR) is 70.5 cm³/mol. The highest BCUT2D eigenvalue weighted by Gasteiger charge is 2.41. The Bertz CT molecular complexity index is 599. The topological polar surface area (TPSA) is 77.5 Å². The van der Waals surface area contributed by atoms with Crippen molar-refractivity contribution in [2.75, 3.05) is 19.8 Å². The SMILES string of the molecule is O=S1(=O)NCC2(CCOCC2)Oc2nc(Br)ccc21. The molecule has 0 atom stereocenters. The fraction of sp³-hybridized carbons (Fsp3) is 0.545. The van der Waals surface area contributed by atoms with Crippen LogP contribution in [0.2, 0.25) is 0 Å². The molecular weight excluding hydrogens is 336 g/mol. The number of halogens is 1. The van der Waals surface area contributed by atoms with Crippen molar-refractivity contribution in [1.29, 1.82) is 0 Å². The van der Waals surface area contributed by atoms with Crippen LogP contribution >= 0.6 is 15.9 Å². The summed E-state index contributed by atoms with van der Waals surface area (Å²) in [5.74, 6) is 0.154. The molecule has 0 radical (unpaired) electrons. The Hall–Kier alpha value is -0.700. The zero-order valence-electron chi connectivity index (χ0n) is 10.1. The van der Waals surface area contributed by atoms with Gasteiger partial charge >= 0.3 is 0 Å². The largest absolute Gasteiger partial charge is 0.468 e. The van der Waals surface area contributed by atoms with Gasteiger partial charge in [-0.3, -0.25) is 0 Å². The van der Waals surface area contributed by atoms with Gasteiger partial charge in [-0.25, -0.2) is 18.1 Å². The van der Waals surface area contributed by atoms with Gasteiger partial charge in [0, 0.05) is 12.8 Å². The number of aromatic nitrogens is 1. The number of fused-ring (bicyclic) bond motifs is 1. The first kappa shape index (κ1) is 13.3. The number of hydrogen-bond donors (Lipinski definition) is 1. The van der Waals surface area contributed by atoms with Crippen LogP contribution in [-0.4, -0.2) is 38.8 Å². The lowest BCUT2D eigenvalue weighted by Gasteiger charge is -2.35. The van der Waals surface area contributed by atoms with E-state index in [4.69, 9.17) is 9.47 Å². The van der Waals surface area contributed by atoms with E-state index in [0.717, 1.165) is 0 Å². The van der Waals surface area contributed by atoms with E-state index in [0.29, 0.717) is 30.7 Å². The summed E-state index contributed by atoms with van der Waals surface area (Å²) in [4.78, 5) is 4.24. The molecule has 0 bridgehead atoms. The smallest absolute Gasteiger partial charge is 0.246 e. The van der Waals surface area contributed by atoms with Gasteiger partial charge in [0.15, 0.2) is 0 Å². The lowest BCUT2D eigenvalue weighted by atomic mass is 9.94. The Morgan fingerprint density at radius 3 is 2.79 bits per heavy atom. The molecule has 0 aliphatic carbocycles. The molecule has 1 saturated heterocycles. The van der Waals surface area contributed by atoms with Crippen LogP contribution < -0.4 is 9.46 Å². The second-order valence-corrected chi connectivity index (χ2v) is 7.21. The highest BCUT2D eigenvalue weighted by molar-refractivity contribution is 9.10. The van der Waals surface area contributed by atoms with Crippen molar-refractivity contribution in [3.05, 3.63) is 16.7 Å². The summed E-state index contributed by atoms with van der Waals surface area (Å²) in [6, 6.07) is 3.08. The van der Waals surface area contributed by atoms with E-state index in [1.807, 2.05) is 0 Å². The average molecular weight is 349 g/mol. The van der Waals surface area contributed by atoms with Crippen molar-refractivity contribution < 1.29 is 17.9 Å². The van der Waals surface area contributed by atoms with Gasteiger partial charge in [0.1, 0.15) is 15.1 Å². The molecule has 1 spiro atoms. The van der Waals surface area contributed by atoms with E-state index < -0.39 is 15.6 Å². The maximum Gasteiger partial charge on any atom is 0.246 e. The highest BCUT2D eigenvalue weighted by Crippen LogP contribution is 2.34. The summed E-state index contributed by atoms with van der Waals surface area (Å²) < 4.78 is 38.7. The van der Waals surface area contributed by atoms with Crippen molar-refractivity contribution in [1.82, 2.24) is 9.71 Å². The van der Waals surface area contributed by atoms with Crippen molar-refractivity contribution in [2.24, 2.45) is 0 Å². The lowest BCUT2D eigenvalue weighted by molar-refractivity contribution is -0.0443. The quantitative estimate of drug-likeness (QED) is 0.709. The molecule has 8 heteroatoms. The van der Waals surface area contributed by atoms with Crippen LogP contribution in [0.1, 0.15) is 12.8 Å². The van der Waals surface area contributed by atoms with Gasteiger partial charge in [-0.2, -0.15) is 0 Å². The average Bonchev–Trinajstić information content (AvgIpc) is 2.46. The van der Waals surface area contributed by atoms with E-state index in [-0.39, 0.29) is 17.3 Å². The maximum absolute atomic E-state index is 12.2. The molecule has 3 rings (SSSR count). The van der Waals surface area contributed by atoms with E-state index in [2.05, 4.69) is 25.6 Å². The van der Waals surface area contributed by atoms with Gasteiger partial charge in [-0.15, -0.1) is 0 Å². The molecular formula is C11H13BrN2O4S. The number of pyridine rings is 1. The third-order valence-corrected chi connectivity index (χ3v) is 5.24. The summed E-state index contributed by atoms with van der Waals surface area (Å²) in [6.45, 7) is 1.36. The van der Waals surface area contributed by atoms with Crippen LogP contribution in [0.4, 0.5) is 0 Å². The van der Waals surface area contributed by atoms with Crippen molar-refractivity contribution in [3.8, 4) is 5.88 Å². The molecule has 3 heterocycles. The van der Waals surface area contributed by atoms with Crippen LogP contribution in [0.5, 0.6) is 5.88 Å². The molecule has 1 aromatic rings. The standard InChI is InChI=1S/C11H13BrN2O4S/c12-9-2-1-8-10(14-9)18-11(3-5-17-6-4-11)7-13-19(8,15)16/h1-2,13H,3-7H2. The number of nitrogens with zero attached hydrogens (tertiary/aromatic N) is 1. The van der Waals surface area contributed by atoms with Crippen LogP contribution in [0.25, 0.3) is 0 Å². The monoisotopic (exact) mass is 348 g/mol. The Labute approximate surface area is 119 Å². The van der Waals surface area contributed by atoms with Crippen LogP contribution in [0.15, 0.2) is 21.6 Å². The molecule has 6 nitrogen and oxygen atoms in total. The third-order valence-electron chi connectivity index (χ3n) is 3.38. The number of hydrogen-bond acceptors (Lipinski definition) is 5. The normalized spacial score (nSPS) is 24.3. The summed E-state index contributed by atoms with van der Waals surface area (Å²) in [7, 11) is -3.57. The Balaban J connectivity index is 2.07. The predicted octanol–water partition coefficient (Wildman–Crippen LogP) is 1.06. The summed E-state index contributed by atoms with van der Waals surface area (Å²) in [5, 5.41) is 0. The zero-order chi connectivity index (χ0) is 13.5. The Morgan fingerprint density at radius 1 is 1.32 bits per heavy atom. The molecule has 1 N–H and O–H groups in total. The number of nitrogens with one attached hydrogen (secondary N) is 1. The second-order valence-electron chi connectivity index (χ2n) is 4.66. The van der Waals surface area contributed by atoms with E-state index in [1.165, 1.54) is 6.07 Å². The first-order chi connectivity index (χ1) is 9.01. The molecule has 2 aliphatic heterocycles. The zero-order valence-corrected chi connectivity index (χ0v) is 12.5. The van der Waals surface area contributed by atoms with Gasteiger partial charge in [-0.1, -0.05) is 0 Å². The first-order valence-electron chi connectivity index (χ1n) is 5.94. The molecule has 2 aliphatic rings. The number of sulfonamides is 1. The Kier molecular flexibility index (Phi) is 3.28. The van der Waals surface area contributed by atoms with E-state index >= 15 is 0 Å². The van der Waals surface area contributed by atoms with Gasteiger partial charge < -0.3 is 9.47 Å². The Morgan fingerprint density at radius 2 is 2.05 bits per heavy atom.